The van der Waals surface area contributed by atoms with Crippen molar-refractivity contribution in [1.82, 2.24) is 24.9 Å². The van der Waals surface area contributed by atoms with Gasteiger partial charge in [0.25, 0.3) is 0 Å². The second-order valence-corrected chi connectivity index (χ2v) is 10.7. The van der Waals surface area contributed by atoms with Gasteiger partial charge in [-0.3, -0.25) is 4.98 Å². The number of rotatable bonds is 2. The number of hydrogen-bond acceptors (Lipinski definition) is 5. The van der Waals surface area contributed by atoms with Gasteiger partial charge in [0, 0.05) is 39.5 Å². The van der Waals surface area contributed by atoms with Gasteiger partial charge in [0.1, 0.15) is 23.9 Å². The maximum Gasteiger partial charge on any atom is 0.147 e. The smallest absolute Gasteiger partial charge is 0.147 e. The van der Waals surface area contributed by atoms with Crippen molar-refractivity contribution in [2.45, 2.75) is 26.4 Å². The number of pyridine rings is 1. The monoisotopic (exact) mass is 487 g/mol. The molecule has 1 aliphatic heterocycles. The minimum atomic E-state index is 0.322. The van der Waals surface area contributed by atoms with Crippen molar-refractivity contribution in [3.05, 3.63) is 72.7 Å². The first-order chi connectivity index (χ1) is 17.7. The van der Waals surface area contributed by atoms with E-state index in [0.29, 0.717) is 12.5 Å². The van der Waals surface area contributed by atoms with E-state index < -0.39 is 0 Å². The van der Waals surface area contributed by atoms with Crippen LogP contribution in [0, 0.1) is 0 Å². The molecule has 7 aromatic rings. The number of aromatic nitrogens is 5. The number of imidazole rings is 2. The van der Waals surface area contributed by atoms with Crippen LogP contribution in [-0.4, -0.2) is 24.9 Å². The zero-order valence-corrected chi connectivity index (χ0v) is 20.5. The van der Waals surface area contributed by atoms with Gasteiger partial charge in [-0.15, -0.1) is 11.3 Å². The number of ether oxygens (including phenoxy) is 1. The largest absolute Gasteiger partial charge is 0.485 e. The van der Waals surface area contributed by atoms with Gasteiger partial charge < -0.3 is 14.7 Å². The highest BCUT2D eigenvalue weighted by Crippen LogP contribution is 2.47. The topological polar surface area (TPSA) is 79.5 Å². The van der Waals surface area contributed by atoms with Gasteiger partial charge in [-0.1, -0.05) is 32.0 Å². The quantitative estimate of drug-likeness (QED) is 0.247. The fourth-order valence-electron chi connectivity index (χ4n) is 5.38. The van der Waals surface area contributed by atoms with Gasteiger partial charge in [0.15, 0.2) is 0 Å². The minimum absolute atomic E-state index is 0.322. The van der Waals surface area contributed by atoms with Crippen LogP contribution in [-0.2, 0) is 6.61 Å². The lowest BCUT2D eigenvalue weighted by Gasteiger charge is -2.17. The molecule has 5 heterocycles. The van der Waals surface area contributed by atoms with Crippen LogP contribution in [0.1, 0.15) is 31.3 Å². The van der Waals surface area contributed by atoms with E-state index in [9.17, 15) is 0 Å². The molecule has 2 N–H and O–H groups in total. The van der Waals surface area contributed by atoms with Crippen molar-refractivity contribution in [3.8, 4) is 27.4 Å². The Labute approximate surface area is 210 Å². The molecule has 6 nitrogen and oxygen atoms in total. The highest BCUT2D eigenvalue weighted by molar-refractivity contribution is 7.22. The second-order valence-electron chi connectivity index (χ2n) is 9.67. The predicted octanol–water partition coefficient (Wildman–Crippen LogP) is 7.55. The van der Waals surface area contributed by atoms with Gasteiger partial charge >= 0.3 is 0 Å². The van der Waals surface area contributed by atoms with Crippen LogP contribution in [0.3, 0.4) is 0 Å². The summed E-state index contributed by atoms with van der Waals surface area (Å²) in [6, 6.07) is 15.4. The number of nitrogens with zero attached hydrogens (tertiary/aromatic N) is 3. The predicted molar refractivity (Wildman–Crippen MR) is 146 cm³/mol. The summed E-state index contributed by atoms with van der Waals surface area (Å²) in [5, 5.41) is 5.82. The molecule has 0 fully saturated rings. The van der Waals surface area contributed by atoms with E-state index in [0.717, 1.165) is 44.9 Å². The summed E-state index contributed by atoms with van der Waals surface area (Å²) < 4.78 is 7.35. The molecule has 1 aliphatic rings. The minimum Gasteiger partial charge on any atom is -0.485 e. The molecule has 7 heteroatoms. The van der Waals surface area contributed by atoms with Crippen LogP contribution in [0.5, 0.6) is 5.75 Å². The number of benzene rings is 3. The average Bonchev–Trinajstić information content (AvgIpc) is 3.66. The first-order valence-corrected chi connectivity index (χ1v) is 12.9. The lowest BCUT2D eigenvalue weighted by atomic mass is 9.98. The van der Waals surface area contributed by atoms with Crippen LogP contribution in [0.15, 0.2) is 61.2 Å². The standard InChI is InChI=1S/C29H21N5OS/c1-14(2)29-33-25-18-5-3-15(9-20(18)17-7-8-30-11-21(17)26(25)34-29)23-10-16-4-6-19-24-22(31-13-32-24)12-35-27(19)28(16)36-23/h3-11,13-14H,12H2,1-2H3,(H,31,32)(H,33,34). The van der Waals surface area contributed by atoms with E-state index in [1.807, 2.05) is 12.4 Å². The molecule has 0 amide bonds. The Hall–Kier alpha value is -4.23. The Morgan fingerprint density at radius 1 is 1.00 bits per heavy atom. The SMILES string of the molecule is CC(C)c1nc2c3cnccc3c3cc(-c4cc5ccc6c(c5s4)OCc4nc[nH]c4-6)ccc3c2[nH]1. The number of aromatic amines is 2. The number of H-pyrrole nitrogens is 2. The number of thiophene rings is 1. The molecular formula is C29H21N5OS. The van der Waals surface area contributed by atoms with Crippen LogP contribution in [0.4, 0.5) is 0 Å². The molecule has 174 valence electrons. The summed E-state index contributed by atoms with van der Waals surface area (Å²) in [4.78, 5) is 21.8. The first kappa shape index (κ1) is 20.0. The van der Waals surface area contributed by atoms with Crippen molar-refractivity contribution in [3.63, 3.8) is 0 Å². The zero-order valence-electron chi connectivity index (χ0n) is 19.7. The summed E-state index contributed by atoms with van der Waals surface area (Å²) in [6.07, 6.45) is 5.54. The van der Waals surface area contributed by atoms with E-state index in [2.05, 4.69) is 76.2 Å². The summed E-state index contributed by atoms with van der Waals surface area (Å²) >= 11 is 1.78. The van der Waals surface area contributed by atoms with E-state index in [-0.39, 0.29) is 0 Å². The Morgan fingerprint density at radius 3 is 2.86 bits per heavy atom. The second kappa shape index (κ2) is 7.15. The first-order valence-electron chi connectivity index (χ1n) is 12.1. The third kappa shape index (κ3) is 2.69. The van der Waals surface area contributed by atoms with Gasteiger partial charge in [0.05, 0.1) is 27.8 Å². The molecular weight excluding hydrogens is 466 g/mol. The van der Waals surface area contributed by atoms with Crippen LogP contribution >= 0.6 is 11.3 Å². The summed E-state index contributed by atoms with van der Waals surface area (Å²) in [5.74, 6) is 2.27. The molecule has 0 saturated heterocycles. The maximum atomic E-state index is 6.18. The van der Waals surface area contributed by atoms with Crippen molar-refractivity contribution in [2.24, 2.45) is 0 Å². The molecule has 36 heavy (non-hydrogen) atoms. The van der Waals surface area contributed by atoms with Crippen molar-refractivity contribution < 1.29 is 4.74 Å². The summed E-state index contributed by atoms with van der Waals surface area (Å²) in [5.41, 5.74) is 6.36. The molecule has 0 atom stereocenters. The van der Waals surface area contributed by atoms with Crippen molar-refractivity contribution in [2.75, 3.05) is 0 Å². The molecule has 0 saturated carbocycles. The van der Waals surface area contributed by atoms with E-state index in [1.165, 1.54) is 36.7 Å². The molecule has 8 rings (SSSR count). The fraction of sp³-hybridized carbons (Fsp3) is 0.138. The molecule has 0 unspecified atom stereocenters. The number of hydrogen-bond donors (Lipinski definition) is 2. The highest BCUT2D eigenvalue weighted by Gasteiger charge is 2.23. The van der Waals surface area contributed by atoms with Gasteiger partial charge in [0.2, 0.25) is 0 Å². The Kier molecular flexibility index (Phi) is 3.97. The Bertz CT molecular complexity index is 1990. The van der Waals surface area contributed by atoms with Gasteiger partial charge in [-0.2, -0.15) is 0 Å². The summed E-state index contributed by atoms with van der Waals surface area (Å²) in [7, 11) is 0. The lowest BCUT2D eigenvalue weighted by Crippen LogP contribution is -2.04. The van der Waals surface area contributed by atoms with Crippen LogP contribution < -0.4 is 4.74 Å². The van der Waals surface area contributed by atoms with Crippen molar-refractivity contribution >= 4 is 54.0 Å². The van der Waals surface area contributed by atoms with Gasteiger partial charge in [-0.05, 0) is 46.0 Å². The molecule has 0 spiro atoms. The van der Waals surface area contributed by atoms with Crippen LogP contribution in [0.25, 0.3) is 64.4 Å². The molecule has 0 aliphatic carbocycles. The van der Waals surface area contributed by atoms with E-state index in [4.69, 9.17) is 9.72 Å². The Balaban J connectivity index is 1.36. The van der Waals surface area contributed by atoms with E-state index in [1.54, 1.807) is 17.7 Å². The average molecular weight is 488 g/mol. The van der Waals surface area contributed by atoms with E-state index >= 15 is 0 Å². The zero-order chi connectivity index (χ0) is 24.0. The van der Waals surface area contributed by atoms with Crippen molar-refractivity contribution in [1.29, 1.82) is 0 Å². The maximum absolute atomic E-state index is 6.18. The normalized spacial score (nSPS) is 13.1. The molecule has 4 aromatic heterocycles. The third-order valence-corrected chi connectivity index (χ3v) is 8.39. The number of fused-ring (bicyclic) bond motifs is 11. The fourth-order valence-corrected chi connectivity index (χ4v) is 6.53. The lowest BCUT2D eigenvalue weighted by molar-refractivity contribution is 0.302. The van der Waals surface area contributed by atoms with Crippen LogP contribution in [0.2, 0.25) is 0 Å². The Morgan fingerprint density at radius 2 is 1.94 bits per heavy atom. The van der Waals surface area contributed by atoms with Gasteiger partial charge in [-0.25, -0.2) is 9.97 Å². The summed E-state index contributed by atoms with van der Waals surface area (Å²) in [6.45, 7) is 4.82. The highest BCUT2D eigenvalue weighted by atomic mass is 32.1. The number of nitrogens with one attached hydrogen (secondary N) is 2. The molecule has 0 bridgehead atoms. The molecule has 3 aromatic carbocycles. The molecule has 0 radical (unpaired) electrons. The third-order valence-electron chi connectivity index (χ3n) is 7.19.